The van der Waals surface area contributed by atoms with Crippen molar-refractivity contribution in [3.05, 3.63) is 89.4 Å². The van der Waals surface area contributed by atoms with E-state index in [4.69, 9.17) is 10.2 Å². The minimum Gasteiger partial charge on any atom is -0.481 e. The zero-order valence-electron chi connectivity index (χ0n) is 28.4. The van der Waals surface area contributed by atoms with Crippen molar-refractivity contribution < 1.29 is 19.8 Å². The fraction of sp³-hybridized carbons (Fsp3) is 0.395. The molecule has 1 aliphatic heterocycles. The molecule has 3 aromatic heterocycles. The number of aliphatic carboxylic acids is 1. The first-order valence-electron chi connectivity index (χ1n) is 17.3. The van der Waals surface area contributed by atoms with Gasteiger partial charge in [-0.25, -0.2) is 4.52 Å². The van der Waals surface area contributed by atoms with E-state index in [0.29, 0.717) is 40.5 Å². The number of nitriles is 1. The summed E-state index contributed by atoms with van der Waals surface area (Å²) in [5, 5.41) is 42.3. The largest absolute Gasteiger partial charge is 0.481 e. The van der Waals surface area contributed by atoms with Crippen molar-refractivity contribution in [1.29, 1.82) is 5.26 Å². The van der Waals surface area contributed by atoms with Crippen LogP contribution in [0.5, 0.6) is 0 Å². The van der Waals surface area contributed by atoms with Crippen LogP contribution in [-0.4, -0.2) is 78.6 Å². The predicted molar refractivity (Wildman–Crippen MR) is 190 cm³/mol. The smallest absolute Gasteiger partial charge is 0.303 e. The van der Waals surface area contributed by atoms with Gasteiger partial charge in [-0.1, -0.05) is 12.1 Å². The Hall–Kier alpha value is -5.25. The molecule has 12 nitrogen and oxygen atoms in total. The maximum Gasteiger partial charge on any atom is 0.303 e. The normalized spacial score (nSPS) is 18.7. The van der Waals surface area contributed by atoms with Gasteiger partial charge in [0.05, 0.1) is 34.4 Å². The first-order chi connectivity index (χ1) is 24.1. The minimum absolute atomic E-state index is 0.152. The molecule has 7 rings (SSSR count). The number of amides is 1. The third-order valence-electron chi connectivity index (χ3n) is 10.2. The topological polar surface area (TPSA) is 152 Å². The number of aliphatic hydroxyl groups is 1. The molecule has 12 heteroatoms. The fourth-order valence-electron chi connectivity index (χ4n) is 7.46. The highest BCUT2D eigenvalue weighted by Gasteiger charge is 2.30. The van der Waals surface area contributed by atoms with E-state index in [-0.39, 0.29) is 18.4 Å². The van der Waals surface area contributed by atoms with E-state index in [1.807, 2.05) is 30.5 Å². The van der Waals surface area contributed by atoms with E-state index in [2.05, 4.69) is 43.1 Å². The van der Waals surface area contributed by atoms with E-state index in [1.165, 1.54) is 16.4 Å². The quantitative estimate of drug-likeness (QED) is 0.188. The Kier molecular flexibility index (Phi) is 9.03. The van der Waals surface area contributed by atoms with E-state index in [0.717, 1.165) is 68.3 Å². The molecular weight excluding hydrogens is 632 g/mol. The average Bonchev–Trinajstić information content (AvgIpc) is 3.74. The Morgan fingerprint density at radius 3 is 2.38 bits per heavy atom. The molecule has 0 bridgehead atoms. The lowest BCUT2D eigenvalue weighted by Crippen LogP contribution is -2.51. The molecule has 0 spiro atoms. The predicted octanol–water partition coefficient (Wildman–Crippen LogP) is 5.36. The maximum atomic E-state index is 13.5. The number of carbonyl (C=O) groups excluding carboxylic acids is 1. The fourth-order valence-corrected chi connectivity index (χ4v) is 7.46. The Morgan fingerprint density at radius 2 is 1.70 bits per heavy atom. The number of carboxylic acid groups (broad SMARTS) is 1. The first kappa shape index (κ1) is 33.3. The molecule has 1 amide bonds. The minimum atomic E-state index is -1.23. The number of carbonyl (C=O) groups is 2. The molecule has 258 valence electrons. The SMILES string of the molecule is CC(C)(O)c1cc2nn(C3CCC(N4CCN(c5ccc(CCC(=O)O)cc5)CC4)CC3)cc2cc1NC(=O)c1ccc2cc(C#N)cnn12. The summed E-state index contributed by atoms with van der Waals surface area (Å²) in [6, 6.07) is 20.0. The van der Waals surface area contributed by atoms with Crippen LogP contribution in [0.1, 0.15) is 79.2 Å². The van der Waals surface area contributed by atoms with Gasteiger partial charge in [-0.15, -0.1) is 0 Å². The third-order valence-corrected chi connectivity index (χ3v) is 10.2. The first-order valence-corrected chi connectivity index (χ1v) is 17.3. The zero-order chi connectivity index (χ0) is 35.0. The van der Waals surface area contributed by atoms with Crippen molar-refractivity contribution in [1.82, 2.24) is 24.3 Å². The number of anilines is 2. The number of hydrogen-bond acceptors (Lipinski definition) is 8. The highest BCUT2D eigenvalue weighted by atomic mass is 16.4. The Balaban J connectivity index is 0.989. The van der Waals surface area contributed by atoms with Crippen LogP contribution < -0.4 is 10.2 Å². The summed E-state index contributed by atoms with van der Waals surface area (Å²) in [7, 11) is 0. The summed E-state index contributed by atoms with van der Waals surface area (Å²) in [6.45, 7) is 7.37. The lowest BCUT2D eigenvalue weighted by atomic mass is 9.90. The highest BCUT2D eigenvalue weighted by molar-refractivity contribution is 6.05. The van der Waals surface area contributed by atoms with Gasteiger partial charge >= 0.3 is 5.97 Å². The number of aromatic nitrogens is 4. The second kappa shape index (κ2) is 13.6. The summed E-state index contributed by atoms with van der Waals surface area (Å²) in [4.78, 5) is 29.4. The van der Waals surface area contributed by atoms with Crippen molar-refractivity contribution in [2.45, 2.75) is 70.1 Å². The second-order valence-corrected chi connectivity index (χ2v) is 14.0. The van der Waals surface area contributed by atoms with Crippen molar-refractivity contribution in [3.63, 3.8) is 0 Å². The van der Waals surface area contributed by atoms with E-state index in [1.54, 1.807) is 32.0 Å². The molecule has 2 fully saturated rings. The number of nitrogens with one attached hydrogen (secondary N) is 1. The van der Waals surface area contributed by atoms with Crippen LogP contribution in [0.25, 0.3) is 16.4 Å². The maximum absolute atomic E-state index is 13.5. The number of nitrogens with zero attached hydrogens (tertiary/aromatic N) is 7. The number of carboxylic acids is 1. The van der Waals surface area contributed by atoms with Gasteiger partial charge in [0.1, 0.15) is 11.8 Å². The van der Waals surface area contributed by atoms with Crippen LogP contribution >= 0.6 is 0 Å². The van der Waals surface area contributed by atoms with Gasteiger partial charge in [-0.2, -0.15) is 15.5 Å². The Labute approximate surface area is 290 Å². The zero-order valence-corrected chi connectivity index (χ0v) is 28.4. The molecule has 3 N–H and O–H groups in total. The molecule has 50 heavy (non-hydrogen) atoms. The van der Waals surface area contributed by atoms with Gasteiger partial charge in [-0.3, -0.25) is 19.2 Å². The molecule has 4 heterocycles. The van der Waals surface area contributed by atoms with Crippen molar-refractivity contribution in [3.8, 4) is 6.07 Å². The van der Waals surface area contributed by atoms with Gasteiger partial charge in [-0.05, 0) is 94.0 Å². The van der Waals surface area contributed by atoms with Crippen LogP contribution in [0.2, 0.25) is 0 Å². The van der Waals surface area contributed by atoms with Crippen molar-refractivity contribution in [2.24, 2.45) is 0 Å². The monoisotopic (exact) mass is 674 g/mol. The summed E-state index contributed by atoms with van der Waals surface area (Å²) in [6.07, 6.45) is 8.44. The number of fused-ring (bicyclic) bond motifs is 2. The third kappa shape index (κ3) is 6.92. The second-order valence-electron chi connectivity index (χ2n) is 14.0. The summed E-state index contributed by atoms with van der Waals surface area (Å²) in [5.74, 6) is -1.14. The van der Waals surface area contributed by atoms with Gasteiger partial charge in [0, 0.05) is 67.2 Å². The van der Waals surface area contributed by atoms with E-state index in [9.17, 15) is 20.0 Å². The molecule has 1 aliphatic carbocycles. The number of piperazine rings is 1. The number of rotatable bonds is 9. The van der Waals surface area contributed by atoms with E-state index >= 15 is 0 Å². The Bertz CT molecular complexity index is 2070. The molecule has 0 radical (unpaired) electrons. The number of aryl methyl sites for hydroxylation is 1. The Morgan fingerprint density at radius 1 is 0.980 bits per heavy atom. The van der Waals surface area contributed by atoms with Gasteiger partial charge in [0.25, 0.3) is 5.91 Å². The molecule has 5 aromatic rings. The van der Waals surface area contributed by atoms with Gasteiger partial charge in [0.15, 0.2) is 0 Å². The van der Waals surface area contributed by atoms with Crippen LogP contribution in [0.15, 0.2) is 67.0 Å². The lowest BCUT2D eigenvalue weighted by Gasteiger charge is -2.42. The van der Waals surface area contributed by atoms with Gasteiger partial charge < -0.3 is 20.4 Å². The molecule has 0 unspecified atom stereocenters. The van der Waals surface area contributed by atoms with Crippen LogP contribution in [-0.2, 0) is 16.8 Å². The van der Waals surface area contributed by atoms with Crippen LogP contribution in [0.3, 0.4) is 0 Å². The van der Waals surface area contributed by atoms with Gasteiger partial charge in [0.2, 0.25) is 0 Å². The molecule has 0 atom stereocenters. The average molecular weight is 675 g/mol. The lowest BCUT2D eigenvalue weighted by molar-refractivity contribution is -0.136. The van der Waals surface area contributed by atoms with Crippen molar-refractivity contribution in [2.75, 3.05) is 36.4 Å². The molecule has 1 saturated carbocycles. The summed E-state index contributed by atoms with van der Waals surface area (Å²) < 4.78 is 3.56. The number of benzene rings is 2. The highest BCUT2D eigenvalue weighted by Crippen LogP contribution is 2.36. The summed E-state index contributed by atoms with van der Waals surface area (Å²) in [5.41, 5.74) is 4.25. The number of hydrogen-bond donors (Lipinski definition) is 3. The van der Waals surface area contributed by atoms with E-state index < -0.39 is 11.6 Å². The van der Waals surface area contributed by atoms with Crippen LogP contribution in [0, 0.1) is 11.3 Å². The standard InChI is InChI=1S/C38H42N8O4/c1-38(2,50)32-21-33-27(20-34(32)41-37(49)35-13-12-31-19-26(22-39)23-40-46(31)35)24-45(42-33)30-10-8-29(9-11-30)44-17-15-43(16-18-44)28-6-3-25(4-7-28)5-14-36(47)48/h3-4,6-7,12-13,19-21,23-24,29-30,50H,5,8-11,14-18H2,1-2H3,(H,41,49)(H,47,48). The molecule has 2 aromatic carbocycles. The van der Waals surface area contributed by atoms with Crippen LogP contribution in [0.4, 0.5) is 11.4 Å². The molecular formula is C38H42N8O4. The van der Waals surface area contributed by atoms with Crippen molar-refractivity contribution >= 4 is 39.7 Å². The molecule has 1 saturated heterocycles. The molecule has 2 aliphatic rings. The summed E-state index contributed by atoms with van der Waals surface area (Å²) >= 11 is 0.